The van der Waals surface area contributed by atoms with E-state index >= 15 is 0 Å². The van der Waals surface area contributed by atoms with Gasteiger partial charge in [-0.15, -0.1) is 0 Å². The lowest BCUT2D eigenvalue weighted by Crippen LogP contribution is -2.20. The molecule has 1 saturated carbocycles. The number of nitrogens with zero attached hydrogens (tertiary/aromatic N) is 5. The molecule has 9 heteroatoms. The van der Waals surface area contributed by atoms with Gasteiger partial charge in [-0.25, -0.2) is 4.98 Å². The van der Waals surface area contributed by atoms with Crippen LogP contribution in [-0.2, 0) is 0 Å². The largest absolute Gasteiger partial charge is 0.491 e. The van der Waals surface area contributed by atoms with Gasteiger partial charge in [0.25, 0.3) is 5.91 Å². The monoisotopic (exact) mass is 508 g/mol. The maximum atomic E-state index is 12.9. The van der Waals surface area contributed by atoms with Gasteiger partial charge in [-0.3, -0.25) is 4.79 Å². The third-order valence-corrected chi connectivity index (χ3v) is 6.34. The summed E-state index contributed by atoms with van der Waals surface area (Å²) in [6.07, 6.45) is 3.71. The predicted octanol–water partition coefficient (Wildman–Crippen LogP) is 5.05. The van der Waals surface area contributed by atoms with Crippen LogP contribution >= 0.6 is 0 Å². The molecule has 5 rings (SSSR count). The quantitative estimate of drug-likeness (QED) is 0.334. The normalized spacial score (nSPS) is 12.8. The number of aromatic nitrogens is 3. The first-order valence-corrected chi connectivity index (χ1v) is 12.5. The number of carbonyl (C=O) groups excluding carboxylic acids is 1. The molecule has 0 unspecified atom stereocenters. The molecule has 0 saturated heterocycles. The van der Waals surface area contributed by atoms with Crippen molar-refractivity contribution in [2.24, 2.45) is 0 Å². The lowest BCUT2D eigenvalue weighted by Gasteiger charge is -2.13. The van der Waals surface area contributed by atoms with Crippen molar-refractivity contribution in [3.63, 3.8) is 0 Å². The van der Waals surface area contributed by atoms with Gasteiger partial charge in [0.1, 0.15) is 29.8 Å². The van der Waals surface area contributed by atoms with Crippen molar-refractivity contribution < 1.29 is 14.1 Å². The molecule has 192 valence electrons. The number of amides is 1. The summed E-state index contributed by atoms with van der Waals surface area (Å²) in [5.74, 6) is 2.06. The molecule has 9 nitrogen and oxygen atoms in total. The van der Waals surface area contributed by atoms with Crippen molar-refractivity contribution in [2.45, 2.75) is 25.7 Å². The van der Waals surface area contributed by atoms with E-state index in [2.05, 4.69) is 38.6 Å². The molecular weight excluding hydrogens is 480 g/mol. The zero-order valence-electron chi connectivity index (χ0n) is 21.6. The van der Waals surface area contributed by atoms with Gasteiger partial charge in [0.2, 0.25) is 11.7 Å². The van der Waals surface area contributed by atoms with Crippen LogP contribution in [0.5, 0.6) is 5.75 Å². The average Bonchev–Trinajstić information content (AvgIpc) is 3.68. The van der Waals surface area contributed by atoms with Crippen LogP contribution < -0.4 is 10.1 Å². The van der Waals surface area contributed by atoms with E-state index < -0.39 is 0 Å². The Balaban J connectivity index is 1.32. The fraction of sp³-hybridized carbons (Fsp3) is 0.276. The van der Waals surface area contributed by atoms with Gasteiger partial charge in [-0.1, -0.05) is 29.4 Å². The highest BCUT2D eigenvalue weighted by atomic mass is 16.5. The van der Waals surface area contributed by atoms with E-state index in [9.17, 15) is 10.1 Å². The zero-order valence-corrected chi connectivity index (χ0v) is 21.6. The Bertz CT molecular complexity index is 1500. The van der Waals surface area contributed by atoms with Gasteiger partial charge in [0, 0.05) is 30.7 Å². The van der Waals surface area contributed by atoms with Crippen LogP contribution in [0.25, 0.3) is 22.5 Å². The maximum Gasteiger partial charge on any atom is 0.256 e. The zero-order chi connectivity index (χ0) is 26.6. The van der Waals surface area contributed by atoms with Crippen LogP contribution in [0.3, 0.4) is 0 Å². The summed E-state index contributed by atoms with van der Waals surface area (Å²) in [5.41, 5.74) is 5.18. The summed E-state index contributed by atoms with van der Waals surface area (Å²) in [6.45, 7) is 2.89. The van der Waals surface area contributed by atoms with Crippen LogP contribution in [0.2, 0.25) is 0 Å². The van der Waals surface area contributed by atoms with E-state index in [1.165, 1.54) is 11.8 Å². The second-order valence-electron chi connectivity index (χ2n) is 9.57. The standard InChI is InChI=1S/C29H28N6O3/c1-18-32-28(34-38-18)22-10-11-24(25(14-22)20-4-5-20)19-6-8-21(9-7-19)29(36)33-27-15-26(23(16-30)17-31-27)37-13-12-35(2)3/h6-11,14-15,17,20H,4-5,12-13H2,1-3H3,(H,31,33,36). The van der Waals surface area contributed by atoms with Gasteiger partial charge in [0.15, 0.2) is 0 Å². The highest BCUT2D eigenvalue weighted by molar-refractivity contribution is 6.04. The summed E-state index contributed by atoms with van der Waals surface area (Å²) in [4.78, 5) is 23.5. The number of nitrogens with one attached hydrogen (secondary N) is 1. The minimum absolute atomic E-state index is 0.293. The SMILES string of the molecule is Cc1nc(-c2ccc(-c3ccc(C(=O)Nc4cc(OCCN(C)C)c(C#N)cn4)cc3)c(C3CC3)c2)no1. The molecule has 0 atom stereocenters. The lowest BCUT2D eigenvalue weighted by molar-refractivity contribution is 0.102. The van der Waals surface area contributed by atoms with Gasteiger partial charge in [-0.2, -0.15) is 10.2 Å². The molecule has 38 heavy (non-hydrogen) atoms. The third-order valence-electron chi connectivity index (χ3n) is 6.34. The molecule has 1 aliphatic carbocycles. The Morgan fingerprint density at radius 2 is 1.92 bits per heavy atom. The van der Waals surface area contributed by atoms with Crippen molar-refractivity contribution >= 4 is 11.7 Å². The van der Waals surface area contributed by atoms with E-state index in [-0.39, 0.29) is 5.91 Å². The Labute approximate surface area is 221 Å². The van der Waals surface area contributed by atoms with Crippen LogP contribution in [0.15, 0.2) is 59.3 Å². The number of carbonyl (C=O) groups is 1. The lowest BCUT2D eigenvalue weighted by atomic mass is 9.94. The molecular formula is C29H28N6O3. The molecule has 2 aromatic carbocycles. The van der Waals surface area contributed by atoms with Gasteiger partial charge >= 0.3 is 0 Å². The number of likely N-dealkylation sites (N-methyl/N-ethyl adjacent to an activating group) is 1. The molecule has 0 bridgehead atoms. The molecule has 0 aliphatic heterocycles. The second kappa shape index (κ2) is 10.8. The number of rotatable bonds is 9. The second-order valence-corrected chi connectivity index (χ2v) is 9.57. The summed E-state index contributed by atoms with van der Waals surface area (Å²) in [7, 11) is 3.88. The highest BCUT2D eigenvalue weighted by Gasteiger charge is 2.27. The molecule has 0 radical (unpaired) electrons. The van der Waals surface area contributed by atoms with Crippen LogP contribution in [0.1, 0.15) is 46.1 Å². The van der Waals surface area contributed by atoms with Crippen LogP contribution in [-0.4, -0.2) is 53.2 Å². The number of hydrogen-bond donors (Lipinski definition) is 1. The van der Waals surface area contributed by atoms with Crippen molar-refractivity contribution in [1.82, 2.24) is 20.0 Å². The summed E-state index contributed by atoms with van der Waals surface area (Å²) < 4.78 is 10.9. The summed E-state index contributed by atoms with van der Waals surface area (Å²) in [5, 5.41) is 16.2. The fourth-order valence-corrected chi connectivity index (χ4v) is 4.15. The number of benzene rings is 2. The Kier molecular flexibility index (Phi) is 7.15. The van der Waals surface area contributed by atoms with E-state index in [0.717, 1.165) is 29.5 Å². The molecule has 2 aromatic heterocycles. The van der Waals surface area contributed by atoms with Crippen LogP contribution in [0, 0.1) is 18.3 Å². The number of anilines is 1. The summed E-state index contributed by atoms with van der Waals surface area (Å²) in [6, 6.07) is 17.4. The van der Waals surface area contributed by atoms with Gasteiger partial charge < -0.3 is 19.5 Å². The van der Waals surface area contributed by atoms with Crippen molar-refractivity contribution in [2.75, 3.05) is 32.6 Å². The molecule has 0 spiro atoms. The van der Waals surface area contributed by atoms with E-state index in [4.69, 9.17) is 9.26 Å². The highest BCUT2D eigenvalue weighted by Crippen LogP contribution is 2.45. The van der Waals surface area contributed by atoms with Gasteiger partial charge in [0.05, 0.1) is 6.20 Å². The maximum absolute atomic E-state index is 12.9. The number of pyridine rings is 1. The topological polar surface area (TPSA) is 117 Å². The molecule has 1 amide bonds. The average molecular weight is 509 g/mol. The number of aryl methyl sites for hydroxylation is 1. The molecule has 4 aromatic rings. The molecule has 1 aliphatic rings. The Hall–Kier alpha value is -4.55. The first kappa shape index (κ1) is 25.1. The van der Waals surface area contributed by atoms with Crippen molar-refractivity contribution in [1.29, 1.82) is 5.26 Å². The summed E-state index contributed by atoms with van der Waals surface area (Å²) >= 11 is 0. The number of nitriles is 1. The van der Waals surface area contributed by atoms with E-state index in [0.29, 0.717) is 53.5 Å². The first-order chi connectivity index (χ1) is 18.4. The minimum atomic E-state index is -0.293. The van der Waals surface area contributed by atoms with Gasteiger partial charge in [-0.05, 0) is 67.7 Å². The predicted molar refractivity (Wildman–Crippen MR) is 143 cm³/mol. The molecule has 1 fully saturated rings. The number of ether oxygens (including phenoxy) is 1. The van der Waals surface area contributed by atoms with Crippen molar-refractivity contribution in [3.05, 3.63) is 77.3 Å². The number of hydrogen-bond acceptors (Lipinski definition) is 8. The van der Waals surface area contributed by atoms with E-state index in [1.807, 2.05) is 37.2 Å². The molecule has 1 N–H and O–H groups in total. The van der Waals surface area contributed by atoms with Crippen molar-refractivity contribution in [3.8, 4) is 34.3 Å². The fourth-order valence-electron chi connectivity index (χ4n) is 4.15. The minimum Gasteiger partial charge on any atom is -0.491 e. The van der Waals surface area contributed by atoms with Crippen LogP contribution in [0.4, 0.5) is 5.82 Å². The molecule has 2 heterocycles. The first-order valence-electron chi connectivity index (χ1n) is 12.5. The Morgan fingerprint density at radius 1 is 1.16 bits per heavy atom. The smallest absolute Gasteiger partial charge is 0.256 e. The Morgan fingerprint density at radius 3 is 2.58 bits per heavy atom. The van der Waals surface area contributed by atoms with E-state index in [1.54, 1.807) is 25.1 Å². The third kappa shape index (κ3) is 5.71.